The van der Waals surface area contributed by atoms with Gasteiger partial charge in [0.2, 0.25) is 0 Å². The number of amides is 1. The van der Waals surface area contributed by atoms with Gasteiger partial charge in [0.15, 0.2) is 0 Å². The number of methoxy groups -OCH3 is 1. The van der Waals surface area contributed by atoms with Gasteiger partial charge in [-0.05, 0) is 51.8 Å². The van der Waals surface area contributed by atoms with Crippen LogP contribution in [0.3, 0.4) is 0 Å². The standard InChI is InChI=1S/C18H30N2O3/c1-7-9-13(8-2)19-14-10-11-16(22-6)15(12-14)20-17(21)23-18(3,4)5/h10-13,19H,7-9H2,1-6H3,(H,20,21). The third-order valence-corrected chi connectivity index (χ3v) is 3.34. The lowest BCUT2D eigenvalue weighted by Gasteiger charge is -2.21. The lowest BCUT2D eigenvalue weighted by Crippen LogP contribution is -2.27. The topological polar surface area (TPSA) is 59.6 Å². The first kappa shape index (κ1) is 19.1. The van der Waals surface area contributed by atoms with Crippen LogP contribution in [0.5, 0.6) is 5.75 Å². The van der Waals surface area contributed by atoms with E-state index in [0.29, 0.717) is 17.5 Å². The summed E-state index contributed by atoms with van der Waals surface area (Å²) in [6.07, 6.45) is 2.80. The summed E-state index contributed by atoms with van der Waals surface area (Å²) >= 11 is 0. The number of anilines is 2. The minimum Gasteiger partial charge on any atom is -0.495 e. The molecule has 23 heavy (non-hydrogen) atoms. The molecule has 0 saturated carbocycles. The molecule has 0 radical (unpaired) electrons. The lowest BCUT2D eigenvalue weighted by atomic mass is 10.1. The van der Waals surface area contributed by atoms with E-state index in [2.05, 4.69) is 24.5 Å². The van der Waals surface area contributed by atoms with Crippen LogP contribution in [-0.4, -0.2) is 24.8 Å². The van der Waals surface area contributed by atoms with Crippen LogP contribution in [0.15, 0.2) is 18.2 Å². The van der Waals surface area contributed by atoms with Crippen molar-refractivity contribution in [2.24, 2.45) is 0 Å². The Hall–Kier alpha value is -1.91. The Balaban J connectivity index is 2.88. The Morgan fingerprint density at radius 2 is 1.96 bits per heavy atom. The van der Waals surface area contributed by atoms with E-state index in [1.54, 1.807) is 7.11 Å². The highest BCUT2D eigenvalue weighted by Gasteiger charge is 2.18. The van der Waals surface area contributed by atoms with E-state index in [1.165, 1.54) is 0 Å². The zero-order valence-corrected chi connectivity index (χ0v) is 15.2. The molecule has 0 bridgehead atoms. The van der Waals surface area contributed by atoms with Gasteiger partial charge < -0.3 is 14.8 Å². The highest BCUT2D eigenvalue weighted by molar-refractivity contribution is 5.88. The molecule has 2 N–H and O–H groups in total. The van der Waals surface area contributed by atoms with E-state index in [1.807, 2.05) is 39.0 Å². The second-order valence-electron chi connectivity index (χ2n) is 6.58. The van der Waals surface area contributed by atoms with Crippen LogP contribution < -0.4 is 15.4 Å². The van der Waals surface area contributed by atoms with Crippen molar-refractivity contribution in [2.45, 2.75) is 65.5 Å². The molecule has 0 saturated heterocycles. The number of hydrogen-bond donors (Lipinski definition) is 2. The summed E-state index contributed by atoms with van der Waals surface area (Å²) in [6.45, 7) is 9.83. The molecular formula is C18H30N2O3. The molecule has 0 spiro atoms. The van der Waals surface area contributed by atoms with Gasteiger partial charge in [-0.3, -0.25) is 5.32 Å². The maximum absolute atomic E-state index is 12.0. The Morgan fingerprint density at radius 3 is 2.48 bits per heavy atom. The molecular weight excluding hydrogens is 292 g/mol. The minimum atomic E-state index is -0.540. The zero-order valence-electron chi connectivity index (χ0n) is 15.2. The van der Waals surface area contributed by atoms with Gasteiger partial charge in [-0.2, -0.15) is 0 Å². The molecule has 5 nitrogen and oxygen atoms in total. The molecule has 0 aliphatic rings. The van der Waals surface area contributed by atoms with E-state index in [4.69, 9.17) is 9.47 Å². The molecule has 1 rings (SSSR count). The van der Waals surface area contributed by atoms with E-state index < -0.39 is 11.7 Å². The first-order valence-corrected chi connectivity index (χ1v) is 8.23. The van der Waals surface area contributed by atoms with E-state index in [0.717, 1.165) is 24.9 Å². The third kappa shape index (κ3) is 6.80. The van der Waals surface area contributed by atoms with Crippen LogP contribution >= 0.6 is 0 Å². The molecule has 0 fully saturated rings. The van der Waals surface area contributed by atoms with Gasteiger partial charge in [0.1, 0.15) is 11.4 Å². The van der Waals surface area contributed by atoms with Crippen molar-refractivity contribution in [1.29, 1.82) is 0 Å². The Kier molecular flexibility index (Phi) is 7.20. The maximum atomic E-state index is 12.0. The fourth-order valence-electron chi connectivity index (χ4n) is 2.27. The SMILES string of the molecule is CCCC(CC)Nc1ccc(OC)c(NC(=O)OC(C)(C)C)c1. The number of benzene rings is 1. The van der Waals surface area contributed by atoms with Crippen molar-refractivity contribution in [3.8, 4) is 5.75 Å². The predicted molar refractivity (Wildman–Crippen MR) is 95.5 cm³/mol. The zero-order chi connectivity index (χ0) is 17.5. The van der Waals surface area contributed by atoms with Crippen molar-refractivity contribution in [3.05, 3.63) is 18.2 Å². The fourth-order valence-corrected chi connectivity index (χ4v) is 2.27. The van der Waals surface area contributed by atoms with Gasteiger partial charge in [0.25, 0.3) is 0 Å². The van der Waals surface area contributed by atoms with Crippen LogP contribution in [0.1, 0.15) is 53.9 Å². The minimum absolute atomic E-state index is 0.419. The molecule has 5 heteroatoms. The molecule has 0 aliphatic heterocycles. The predicted octanol–water partition coefficient (Wildman–Crippen LogP) is 5.03. The number of nitrogens with one attached hydrogen (secondary N) is 2. The summed E-state index contributed by atoms with van der Waals surface area (Å²) in [5.74, 6) is 0.602. The van der Waals surface area contributed by atoms with E-state index in [9.17, 15) is 4.79 Å². The van der Waals surface area contributed by atoms with Crippen molar-refractivity contribution >= 4 is 17.5 Å². The van der Waals surface area contributed by atoms with Crippen molar-refractivity contribution in [2.75, 3.05) is 17.7 Å². The molecule has 1 amide bonds. The number of rotatable bonds is 7. The monoisotopic (exact) mass is 322 g/mol. The quantitative estimate of drug-likeness (QED) is 0.739. The molecule has 1 aromatic carbocycles. The van der Waals surface area contributed by atoms with E-state index in [-0.39, 0.29) is 0 Å². The van der Waals surface area contributed by atoms with Gasteiger partial charge in [0.05, 0.1) is 12.8 Å². The molecule has 0 aromatic heterocycles. The number of ether oxygens (including phenoxy) is 2. The largest absolute Gasteiger partial charge is 0.495 e. The summed E-state index contributed by atoms with van der Waals surface area (Å²) in [7, 11) is 1.58. The Bertz CT molecular complexity index is 509. The third-order valence-electron chi connectivity index (χ3n) is 3.34. The summed E-state index contributed by atoms with van der Waals surface area (Å²) in [5, 5.41) is 6.25. The molecule has 1 aromatic rings. The van der Waals surface area contributed by atoms with Crippen molar-refractivity contribution in [3.63, 3.8) is 0 Å². The van der Waals surface area contributed by atoms with Crippen molar-refractivity contribution in [1.82, 2.24) is 0 Å². The number of carbonyl (C=O) groups is 1. The average molecular weight is 322 g/mol. The number of carbonyl (C=O) groups excluding carboxylic acids is 1. The van der Waals surface area contributed by atoms with Gasteiger partial charge in [-0.1, -0.05) is 20.3 Å². The molecule has 1 atom stereocenters. The van der Waals surface area contributed by atoms with Gasteiger partial charge in [-0.25, -0.2) is 4.79 Å². The van der Waals surface area contributed by atoms with Crippen LogP contribution in [0.2, 0.25) is 0 Å². The maximum Gasteiger partial charge on any atom is 0.412 e. The normalized spacial score (nSPS) is 12.4. The summed E-state index contributed by atoms with van der Waals surface area (Å²) in [6, 6.07) is 6.09. The fraction of sp³-hybridized carbons (Fsp3) is 0.611. The molecule has 1 unspecified atom stereocenters. The second kappa shape index (κ2) is 8.65. The smallest absolute Gasteiger partial charge is 0.412 e. The number of hydrogen-bond acceptors (Lipinski definition) is 4. The summed E-state index contributed by atoms with van der Waals surface area (Å²) in [5.41, 5.74) is 1.01. The first-order chi connectivity index (χ1) is 10.8. The van der Waals surface area contributed by atoms with E-state index >= 15 is 0 Å². The van der Waals surface area contributed by atoms with Crippen LogP contribution in [0, 0.1) is 0 Å². The second-order valence-corrected chi connectivity index (χ2v) is 6.58. The van der Waals surface area contributed by atoms with Gasteiger partial charge in [0, 0.05) is 11.7 Å². The Labute approximate surface area is 139 Å². The van der Waals surface area contributed by atoms with Crippen LogP contribution in [0.4, 0.5) is 16.2 Å². The highest BCUT2D eigenvalue weighted by Crippen LogP contribution is 2.29. The molecule has 130 valence electrons. The molecule has 0 heterocycles. The Morgan fingerprint density at radius 1 is 1.26 bits per heavy atom. The highest BCUT2D eigenvalue weighted by atomic mass is 16.6. The van der Waals surface area contributed by atoms with Gasteiger partial charge in [-0.15, -0.1) is 0 Å². The van der Waals surface area contributed by atoms with Gasteiger partial charge >= 0.3 is 6.09 Å². The summed E-state index contributed by atoms with van der Waals surface area (Å²) in [4.78, 5) is 12.0. The van der Waals surface area contributed by atoms with Crippen LogP contribution in [0.25, 0.3) is 0 Å². The summed E-state index contributed by atoms with van der Waals surface area (Å²) < 4.78 is 10.6. The molecule has 0 aliphatic carbocycles. The van der Waals surface area contributed by atoms with Crippen molar-refractivity contribution < 1.29 is 14.3 Å². The van der Waals surface area contributed by atoms with Crippen LogP contribution in [-0.2, 0) is 4.74 Å². The first-order valence-electron chi connectivity index (χ1n) is 8.23. The lowest BCUT2D eigenvalue weighted by molar-refractivity contribution is 0.0635. The average Bonchev–Trinajstić information content (AvgIpc) is 2.45.